The summed E-state index contributed by atoms with van der Waals surface area (Å²) < 4.78 is 5.27. The summed E-state index contributed by atoms with van der Waals surface area (Å²) in [5.74, 6) is 0.767. The van der Waals surface area contributed by atoms with Crippen LogP contribution in [0.5, 0.6) is 5.75 Å². The number of nitrogens with zero attached hydrogens (tertiary/aromatic N) is 1. The van der Waals surface area contributed by atoms with E-state index in [1.807, 2.05) is 67.6 Å². The lowest BCUT2D eigenvalue weighted by atomic mass is 10.2. The number of nitrogens with one attached hydrogen (secondary N) is 1. The van der Waals surface area contributed by atoms with Gasteiger partial charge in [0.15, 0.2) is 0 Å². The lowest BCUT2D eigenvalue weighted by Gasteiger charge is -2.20. The van der Waals surface area contributed by atoms with E-state index in [4.69, 9.17) is 4.74 Å². The number of carbonyl (C=O) groups excluding carboxylic acids is 1. The zero-order valence-electron chi connectivity index (χ0n) is 12.8. The third-order valence-corrected chi connectivity index (χ3v) is 3.24. The van der Waals surface area contributed by atoms with Crippen molar-refractivity contribution in [3.8, 4) is 5.75 Å². The molecule has 4 heteroatoms. The van der Waals surface area contributed by atoms with Crippen LogP contribution in [0, 0.1) is 0 Å². The van der Waals surface area contributed by atoms with Gasteiger partial charge in [-0.2, -0.15) is 0 Å². The number of hydrogen-bond donors (Lipinski definition) is 1. The van der Waals surface area contributed by atoms with E-state index in [0.717, 1.165) is 17.0 Å². The van der Waals surface area contributed by atoms with Gasteiger partial charge in [0.25, 0.3) is 0 Å². The molecule has 0 spiro atoms. The summed E-state index contributed by atoms with van der Waals surface area (Å²) in [5, 5.41) is 2.78. The van der Waals surface area contributed by atoms with Gasteiger partial charge in [0.2, 0.25) is 0 Å². The van der Waals surface area contributed by atoms with Crippen LogP contribution in [0.15, 0.2) is 60.8 Å². The van der Waals surface area contributed by atoms with Crippen LogP contribution in [0.4, 0.5) is 10.5 Å². The van der Waals surface area contributed by atoms with Crippen molar-refractivity contribution in [1.82, 2.24) is 5.32 Å². The molecule has 114 valence electrons. The third kappa shape index (κ3) is 3.88. The van der Waals surface area contributed by atoms with Crippen LogP contribution in [-0.2, 0) is 0 Å². The van der Waals surface area contributed by atoms with Gasteiger partial charge in [-0.15, -0.1) is 0 Å². The number of anilines is 1. The summed E-state index contributed by atoms with van der Waals surface area (Å²) in [6.07, 6.45) is 3.45. The Morgan fingerprint density at radius 2 is 1.82 bits per heavy atom. The predicted octanol–water partition coefficient (Wildman–Crippen LogP) is 3.90. The topological polar surface area (TPSA) is 41.6 Å². The zero-order chi connectivity index (χ0) is 15.8. The van der Waals surface area contributed by atoms with Crippen molar-refractivity contribution < 1.29 is 9.53 Å². The average molecular weight is 296 g/mol. The molecule has 0 heterocycles. The Labute approximate surface area is 131 Å². The predicted molar refractivity (Wildman–Crippen MR) is 90.0 cm³/mol. The summed E-state index contributed by atoms with van der Waals surface area (Å²) in [5.41, 5.74) is 1.78. The molecule has 0 bridgehead atoms. The molecule has 0 aliphatic carbocycles. The second-order valence-electron chi connectivity index (χ2n) is 4.60. The number of carbonyl (C=O) groups is 1. The highest BCUT2D eigenvalue weighted by molar-refractivity contribution is 5.92. The van der Waals surface area contributed by atoms with Crippen molar-refractivity contribution in [3.05, 3.63) is 66.4 Å². The minimum Gasteiger partial charge on any atom is -0.496 e. The van der Waals surface area contributed by atoms with Gasteiger partial charge < -0.3 is 10.1 Å². The van der Waals surface area contributed by atoms with Crippen LogP contribution < -0.4 is 15.0 Å². The van der Waals surface area contributed by atoms with Crippen molar-refractivity contribution in [1.29, 1.82) is 0 Å². The average Bonchev–Trinajstić information content (AvgIpc) is 2.57. The summed E-state index contributed by atoms with van der Waals surface area (Å²) >= 11 is 0. The molecule has 0 radical (unpaired) electrons. The molecule has 1 N–H and O–H groups in total. The Kier molecular flexibility index (Phi) is 5.60. The van der Waals surface area contributed by atoms with E-state index in [0.29, 0.717) is 6.54 Å². The van der Waals surface area contributed by atoms with Gasteiger partial charge in [-0.05, 0) is 31.2 Å². The minimum atomic E-state index is -0.167. The van der Waals surface area contributed by atoms with Crippen molar-refractivity contribution in [2.75, 3.05) is 18.6 Å². The number of para-hydroxylation sites is 2. The SMILES string of the molecule is CCN(C(=O)N/C=C/c1ccccc1OC)c1ccccc1. The number of methoxy groups -OCH3 is 1. The smallest absolute Gasteiger partial charge is 0.325 e. The van der Waals surface area contributed by atoms with E-state index in [2.05, 4.69) is 5.32 Å². The number of ether oxygens (including phenoxy) is 1. The van der Waals surface area contributed by atoms with Crippen LogP contribution in [0.1, 0.15) is 12.5 Å². The number of rotatable bonds is 5. The molecule has 0 saturated heterocycles. The van der Waals surface area contributed by atoms with E-state index in [1.54, 1.807) is 18.2 Å². The van der Waals surface area contributed by atoms with Gasteiger partial charge in [0.05, 0.1) is 7.11 Å². The first-order valence-corrected chi connectivity index (χ1v) is 7.19. The Balaban J connectivity index is 2.04. The Morgan fingerprint density at radius 3 is 2.50 bits per heavy atom. The van der Waals surface area contributed by atoms with Gasteiger partial charge in [-0.1, -0.05) is 36.4 Å². The van der Waals surface area contributed by atoms with Crippen molar-refractivity contribution >= 4 is 17.8 Å². The maximum absolute atomic E-state index is 12.3. The van der Waals surface area contributed by atoms with E-state index in [-0.39, 0.29) is 6.03 Å². The van der Waals surface area contributed by atoms with Crippen LogP contribution in [0.25, 0.3) is 6.08 Å². The molecule has 0 unspecified atom stereocenters. The molecule has 0 atom stereocenters. The van der Waals surface area contributed by atoms with Gasteiger partial charge in [0.1, 0.15) is 5.75 Å². The van der Waals surface area contributed by atoms with Gasteiger partial charge in [-0.3, -0.25) is 4.90 Å². The lowest BCUT2D eigenvalue weighted by molar-refractivity contribution is 0.249. The largest absolute Gasteiger partial charge is 0.496 e. The highest BCUT2D eigenvalue weighted by Gasteiger charge is 2.11. The van der Waals surface area contributed by atoms with Crippen molar-refractivity contribution in [3.63, 3.8) is 0 Å². The summed E-state index contributed by atoms with van der Waals surface area (Å²) in [4.78, 5) is 13.9. The number of benzene rings is 2. The highest BCUT2D eigenvalue weighted by atomic mass is 16.5. The number of hydrogen-bond acceptors (Lipinski definition) is 2. The zero-order valence-corrected chi connectivity index (χ0v) is 12.8. The maximum Gasteiger partial charge on any atom is 0.325 e. The first kappa shape index (κ1) is 15.6. The molecule has 0 aliphatic rings. The molecule has 22 heavy (non-hydrogen) atoms. The number of amides is 2. The van der Waals surface area contributed by atoms with Crippen molar-refractivity contribution in [2.45, 2.75) is 6.92 Å². The van der Waals surface area contributed by atoms with Crippen LogP contribution in [-0.4, -0.2) is 19.7 Å². The standard InChI is InChI=1S/C18H20N2O2/c1-3-20(16-10-5-4-6-11-16)18(21)19-14-13-15-9-7-8-12-17(15)22-2/h4-14H,3H2,1-2H3,(H,19,21)/b14-13+. The normalized spacial score (nSPS) is 10.5. The van der Waals surface area contributed by atoms with Crippen LogP contribution >= 0.6 is 0 Å². The Morgan fingerprint density at radius 1 is 1.14 bits per heavy atom. The fourth-order valence-electron chi connectivity index (χ4n) is 2.14. The van der Waals surface area contributed by atoms with Crippen LogP contribution in [0.3, 0.4) is 0 Å². The van der Waals surface area contributed by atoms with Gasteiger partial charge in [0, 0.05) is 24.0 Å². The molecule has 0 aliphatic heterocycles. The fraction of sp³-hybridized carbons (Fsp3) is 0.167. The second-order valence-corrected chi connectivity index (χ2v) is 4.60. The van der Waals surface area contributed by atoms with Gasteiger partial charge in [-0.25, -0.2) is 4.79 Å². The van der Waals surface area contributed by atoms with E-state index < -0.39 is 0 Å². The maximum atomic E-state index is 12.3. The van der Waals surface area contributed by atoms with E-state index in [9.17, 15) is 4.79 Å². The minimum absolute atomic E-state index is 0.167. The summed E-state index contributed by atoms with van der Waals surface area (Å²) in [6, 6.07) is 17.0. The number of urea groups is 1. The summed E-state index contributed by atoms with van der Waals surface area (Å²) in [6.45, 7) is 2.54. The van der Waals surface area contributed by atoms with Crippen LogP contribution in [0.2, 0.25) is 0 Å². The molecule has 0 saturated carbocycles. The highest BCUT2D eigenvalue weighted by Crippen LogP contribution is 2.18. The third-order valence-electron chi connectivity index (χ3n) is 3.24. The molecule has 0 fully saturated rings. The monoisotopic (exact) mass is 296 g/mol. The van der Waals surface area contributed by atoms with Crippen molar-refractivity contribution in [2.24, 2.45) is 0 Å². The molecule has 2 rings (SSSR count). The molecule has 2 aromatic carbocycles. The molecule has 2 amide bonds. The second kappa shape index (κ2) is 7.88. The molecular formula is C18H20N2O2. The molecule has 2 aromatic rings. The van der Waals surface area contributed by atoms with Gasteiger partial charge >= 0.3 is 6.03 Å². The molecule has 4 nitrogen and oxygen atoms in total. The van der Waals surface area contributed by atoms with E-state index >= 15 is 0 Å². The van der Waals surface area contributed by atoms with E-state index in [1.165, 1.54) is 0 Å². The first-order valence-electron chi connectivity index (χ1n) is 7.19. The lowest BCUT2D eigenvalue weighted by Crippen LogP contribution is -2.37. The fourth-order valence-corrected chi connectivity index (χ4v) is 2.14. The summed E-state index contributed by atoms with van der Waals surface area (Å²) in [7, 11) is 1.62. The quantitative estimate of drug-likeness (QED) is 0.909. The Hall–Kier alpha value is -2.75. The molecular weight excluding hydrogens is 276 g/mol. The Bertz CT molecular complexity index is 639. The molecule has 0 aromatic heterocycles. The first-order chi connectivity index (χ1) is 10.8.